The number of hydrogen-bond acceptors (Lipinski definition) is 3. The Morgan fingerprint density at radius 1 is 1.16 bits per heavy atom. The highest BCUT2D eigenvalue weighted by molar-refractivity contribution is 7.99. The molecule has 1 fully saturated rings. The van der Waals surface area contributed by atoms with Crippen LogP contribution in [-0.4, -0.2) is 17.6 Å². The van der Waals surface area contributed by atoms with Crippen molar-refractivity contribution in [3.63, 3.8) is 0 Å². The average Bonchev–Trinajstić information content (AvgIpc) is 2.48. The first-order valence-corrected chi connectivity index (χ1v) is 8.47. The molecule has 0 aliphatic heterocycles. The van der Waals surface area contributed by atoms with Gasteiger partial charge in [-0.05, 0) is 31.1 Å². The molecule has 2 rings (SSSR count). The van der Waals surface area contributed by atoms with Gasteiger partial charge in [0.25, 0.3) is 0 Å². The predicted molar refractivity (Wildman–Crippen MR) is 83.8 cm³/mol. The summed E-state index contributed by atoms with van der Waals surface area (Å²) in [5.74, 6) is 2.17. The molecule has 1 aliphatic carbocycles. The Kier molecular flexibility index (Phi) is 6.58. The smallest absolute Gasteiger partial charge is 0.123 e. The second-order valence-corrected chi connectivity index (χ2v) is 6.55. The van der Waals surface area contributed by atoms with Crippen LogP contribution in [-0.2, 0) is 6.54 Å². The second kappa shape index (κ2) is 8.49. The number of thioether (sulfide) groups is 1. The van der Waals surface area contributed by atoms with Crippen LogP contribution in [0.5, 0.6) is 5.75 Å². The fraction of sp³-hybridized carbons (Fsp3) is 0.625. The van der Waals surface area contributed by atoms with Crippen LogP contribution in [0.4, 0.5) is 0 Å². The topological polar surface area (TPSA) is 35.2 Å². The van der Waals surface area contributed by atoms with Crippen LogP contribution >= 0.6 is 11.8 Å². The SMILES string of the molecule is NCc1ccccc1OCCCSC1CCCCC1. The molecule has 0 atom stereocenters. The largest absolute Gasteiger partial charge is 0.493 e. The normalized spacial score (nSPS) is 16.5. The van der Waals surface area contributed by atoms with Crippen LogP contribution in [0.2, 0.25) is 0 Å². The fourth-order valence-electron chi connectivity index (χ4n) is 2.54. The number of para-hydroxylation sites is 1. The van der Waals surface area contributed by atoms with Crippen LogP contribution < -0.4 is 10.5 Å². The molecule has 0 saturated heterocycles. The molecule has 19 heavy (non-hydrogen) atoms. The van der Waals surface area contributed by atoms with E-state index in [1.807, 2.05) is 24.3 Å². The number of benzene rings is 1. The quantitative estimate of drug-likeness (QED) is 0.767. The van der Waals surface area contributed by atoms with Gasteiger partial charge in [0.1, 0.15) is 5.75 Å². The Morgan fingerprint density at radius 2 is 1.95 bits per heavy atom. The van der Waals surface area contributed by atoms with Crippen LogP contribution in [0.3, 0.4) is 0 Å². The summed E-state index contributed by atoms with van der Waals surface area (Å²) >= 11 is 2.14. The van der Waals surface area contributed by atoms with E-state index in [0.29, 0.717) is 6.54 Å². The van der Waals surface area contributed by atoms with Crippen molar-refractivity contribution < 1.29 is 4.74 Å². The van der Waals surface area contributed by atoms with Gasteiger partial charge in [-0.1, -0.05) is 37.5 Å². The minimum atomic E-state index is 0.549. The van der Waals surface area contributed by atoms with Crippen molar-refractivity contribution in [3.05, 3.63) is 29.8 Å². The van der Waals surface area contributed by atoms with E-state index in [2.05, 4.69) is 11.8 Å². The van der Waals surface area contributed by atoms with Crippen molar-refractivity contribution >= 4 is 11.8 Å². The first-order chi connectivity index (χ1) is 9.40. The minimum absolute atomic E-state index is 0.549. The van der Waals surface area contributed by atoms with Crippen molar-refractivity contribution in [3.8, 4) is 5.75 Å². The predicted octanol–water partition coefficient (Wildman–Crippen LogP) is 3.98. The lowest BCUT2D eigenvalue weighted by Gasteiger charge is -2.20. The van der Waals surface area contributed by atoms with Crippen LogP contribution in [0.1, 0.15) is 44.1 Å². The van der Waals surface area contributed by atoms with Gasteiger partial charge in [0.15, 0.2) is 0 Å². The number of ether oxygens (including phenoxy) is 1. The van der Waals surface area contributed by atoms with E-state index < -0.39 is 0 Å². The fourth-order valence-corrected chi connectivity index (χ4v) is 3.82. The first-order valence-electron chi connectivity index (χ1n) is 7.42. The molecule has 0 spiro atoms. The summed E-state index contributed by atoms with van der Waals surface area (Å²) in [7, 11) is 0. The molecule has 2 nitrogen and oxygen atoms in total. The highest BCUT2D eigenvalue weighted by Gasteiger charge is 2.13. The van der Waals surface area contributed by atoms with E-state index in [0.717, 1.165) is 29.6 Å². The molecule has 106 valence electrons. The van der Waals surface area contributed by atoms with Crippen molar-refractivity contribution in [2.45, 2.75) is 50.3 Å². The molecule has 1 aromatic rings. The molecule has 1 aliphatic rings. The standard InChI is InChI=1S/C16H25NOS/c17-13-14-7-4-5-10-16(14)18-11-6-12-19-15-8-2-1-3-9-15/h4-5,7,10,15H,1-3,6,8-9,11-13,17H2. The summed E-state index contributed by atoms with van der Waals surface area (Å²) in [6, 6.07) is 8.06. The van der Waals surface area contributed by atoms with E-state index in [1.165, 1.54) is 37.9 Å². The zero-order valence-corrected chi connectivity index (χ0v) is 12.5. The first kappa shape index (κ1) is 14.7. The van der Waals surface area contributed by atoms with Gasteiger partial charge in [0.05, 0.1) is 6.61 Å². The van der Waals surface area contributed by atoms with Crippen molar-refractivity contribution in [2.24, 2.45) is 5.73 Å². The van der Waals surface area contributed by atoms with Crippen molar-refractivity contribution in [2.75, 3.05) is 12.4 Å². The Hall–Kier alpha value is -0.670. The summed E-state index contributed by atoms with van der Waals surface area (Å²) in [6.45, 7) is 1.35. The molecule has 0 unspecified atom stereocenters. The summed E-state index contributed by atoms with van der Waals surface area (Å²) in [5, 5.41) is 0.907. The van der Waals surface area contributed by atoms with Gasteiger partial charge in [-0.25, -0.2) is 0 Å². The number of rotatable bonds is 7. The molecule has 0 radical (unpaired) electrons. The maximum Gasteiger partial charge on any atom is 0.123 e. The molecule has 3 heteroatoms. The zero-order valence-electron chi connectivity index (χ0n) is 11.6. The second-order valence-electron chi connectivity index (χ2n) is 5.14. The molecule has 0 amide bonds. The van der Waals surface area contributed by atoms with E-state index in [-0.39, 0.29) is 0 Å². The maximum absolute atomic E-state index is 5.82. The van der Waals surface area contributed by atoms with E-state index in [1.54, 1.807) is 0 Å². The van der Waals surface area contributed by atoms with Gasteiger partial charge in [0.2, 0.25) is 0 Å². The highest BCUT2D eigenvalue weighted by atomic mass is 32.2. The van der Waals surface area contributed by atoms with E-state index in [4.69, 9.17) is 10.5 Å². The molecular weight excluding hydrogens is 254 g/mol. The Balaban J connectivity index is 1.61. The monoisotopic (exact) mass is 279 g/mol. The van der Waals surface area contributed by atoms with Gasteiger partial charge in [0, 0.05) is 17.4 Å². The van der Waals surface area contributed by atoms with Gasteiger partial charge >= 0.3 is 0 Å². The summed E-state index contributed by atoms with van der Waals surface area (Å²) in [4.78, 5) is 0. The molecular formula is C16H25NOS. The van der Waals surface area contributed by atoms with Crippen LogP contribution in [0.15, 0.2) is 24.3 Å². The van der Waals surface area contributed by atoms with Gasteiger partial charge < -0.3 is 10.5 Å². The third-order valence-corrected chi connectivity index (χ3v) is 5.11. The zero-order chi connectivity index (χ0) is 13.3. The molecule has 0 aromatic heterocycles. The summed E-state index contributed by atoms with van der Waals surface area (Å²) < 4.78 is 5.82. The molecule has 0 heterocycles. The van der Waals surface area contributed by atoms with Crippen LogP contribution in [0.25, 0.3) is 0 Å². The lowest BCUT2D eigenvalue weighted by Crippen LogP contribution is -2.10. The highest BCUT2D eigenvalue weighted by Crippen LogP contribution is 2.28. The molecule has 1 saturated carbocycles. The summed E-state index contributed by atoms with van der Waals surface area (Å²) in [6.07, 6.45) is 8.26. The minimum Gasteiger partial charge on any atom is -0.493 e. The third-order valence-electron chi connectivity index (χ3n) is 3.64. The third kappa shape index (κ3) is 5.07. The molecule has 1 aromatic carbocycles. The average molecular weight is 279 g/mol. The van der Waals surface area contributed by atoms with Gasteiger partial charge in [-0.15, -0.1) is 0 Å². The Morgan fingerprint density at radius 3 is 2.74 bits per heavy atom. The maximum atomic E-state index is 5.82. The Labute approximate surface area is 121 Å². The molecule has 2 N–H and O–H groups in total. The number of nitrogens with two attached hydrogens (primary N) is 1. The summed E-state index contributed by atoms with van der Waals surface area (Å²) in [5.41, 5.74) is 6.79. The van der Waals surface area contributed by atoms with E-state index >= 15 is 0 Å². The number of hydrogen-bond donors (Lipinski definition) is 1. The van der Waals surface area contributed by atoms with E-state index in [9.17, 15) is 0 Å². The van der Waals surface area contributed by atoms with Crippen LogP contribution in [0, 0.1) is 0 Å². The van der Waals surface area contributed by atoms with Crippen molar-refractivity contribution in [1.29, 1.82) is 0 Å². The van der Waals surface area contributed by atoms with Crippen molar-refractivity contribution in [1.82, 2.24) is 0 Å². The van der Waals surface area contributed by atoms with Gasteiger partial charge in [-0.3, -0.25) is 0 Å². The lowest BCUT2D eigenvalue weighted by molar-refractivity contribution is 0.315. The lowest BCUT2D eigenvalue weighted by atomic mass is 10.0. The Bertz CT molecular complexity index is 364. The molecule has 0 bridgehead atoms. The van der Waals surface area contributed by atoms with Gasteiger partial charge in [-0.2, -0.15) is 11.8 Å².